The zero-order valence-electron chi connectivity index (χ0n) is 21.6. The molecule has 0 aliphatic rings. The van der Waals surface area contributed by atoms with Gasteiger partial charge in [0.2, 0.25) is 5.91 Å². The Hall–Kier alpha value is -3.70. The lowest BCUT2D eigenvalue weighted by Gasteiger charge is -2.15. The first-order chi connectivity index (χ1) is 16.2. The van der Waals surface area contributed by atoms with Crippen molar-refractivity contribution in [3.05, 3.63) is 53.3 Å². The number of nitrogen functional groups attached to an aromatic ring is 2. The van der Waals surface area contributed by atoms with E-state index in [9.17, 15) is 9.59 Å². The van der Waals surface area contributed by atoms with Gasteiger partial charge in [-0.25, -0.2) is 0 Å². The number of rotatable bonds is 8. The van der Waals surface area contributed by atoms with Crippen LogP contribution in [0.1, 0.15) is 65.5 Å². The molecular weight excluding hydrogens is 430 g/mol. The summed E-state index contributed by atoms with van der Waals surface area (Å²) >= 11 is 0. The Morgan fingerprint density at radius 2 is 1.71 bits per heavy atom. The number of nitrogens with one attached hydrogen (secondary N) is 3. The number of aliphatic hydroxyl groups is 1. The van der Waals surface area contributed by atoms with Crippen LogP contribution in [0, 0.1) is 29.6 Å². The molecule has 0 bridgehead atoms. The van der Waals surface area contributed by atoms with Crippen LogP contribution in [0.2, 0.25) is 0 Å². The molecule has 0 aromatic heterocycles. The van der Waals surface area contributed by atoms with Gasteiger partial charge in [0.1, 0.15) is 12.1 Å². The molecule has 0 radical (unpaired) electrons. The van der Waals surface area contributed by atoms with Crippen LogP contribution in [0.3, 0.4) is 0 Å². The standard InChI is InChI=1S/C18H25N5O.C3H6O.C2H6.C2H2.CH4O/c1-4-6-13(23-16(24)5-2)9-11(3)17(20)14-10-12(18(21)22)7-8-15(14)19;1-2-3-4;3*1-2/h4,6-11,20H,5,19H2,1-3H3,(H3,21,22)(H,23,24);3H,2H2,1H3;1-2H3;1-2H;2H,1H3/b6-4-,13-9+,20-17?;;;;. The minimum absolute atomic E-state index is 0.0722. The number of amides is 1. The van der Waals surface area contributed by atoms with E-state index in [1.54, 1.807) is 37.3 Å². The minimum Gasteiger partial charge on any atom is -0.400 e. The van der Waals surface area contributed by atoms with Gasteiger partial charge in [0.05, 0.1) is 0 Å². The van der Waals surface area contributed by atoms with E-state index in [0.29, 0.717) is 41.1 Å². The average Bonchev–Trinajstić information content (AvgIpc) is 2.87. The molecule has 8 nitrogen and oxygen atoms in total. The van der Waals surface area contributed by atoms with E-state index in [0.717, 1.165) is 13.4 Å². The van der Waals surface area contributed by atoms with Crippen LogP contribution in [0.5, 0.6) is 0 Å². The van der Waals surface area contributed by atoms with Crippen LogP contribution in [-0.4, -0.2) is 36.0 Å². The fourth-order valence-corrected chi connectivity index (χ4v) is 2.12. The molecule has 8 heteroatoms. The van der Waals surface area contributed by atoms with Gasteiger partial charge in [-0.1, -0.05) is 46.8 Å². The van der Waals surface area contributed by atoms with Crippen molar-refractivity contribution in [2.75, 3.05) is 12.8 Å². The predicted octanol–water partition coefficient (Wildman–Crippen LogP) is 4.02. The van der Waals surface area contributed by atoms with E-state index < -0.39 is 0 Å². The lowest BCUT2D eigenvalue weighted by molar-refractivity contribution is -0.120. The van der Waals surface area contributed by atoms with Crippen molar-refractivity contribution in [2.45, 2.75) is 54.4 Å². The zero-order valence-corrected chi connectivity index (χ0v) is 21.6. The molecule has 1 atom stereocenters. The number of terminal acetylenes is 1. The maximum atomic E-state index is 11.6. The van der Waals surface area contributed by atoms with Gasteiger partial charge in [-0.2, -0.15) is 0 Å². The predicted molar refractivity (Wildman–Crippen MR) is 145 cm³/mol. The number of allylic oxidation sites excluding steroid dienone is 3. The summed E-state index contributed by atoms with van der Waals surface area (Å²) in [7, 11) is 1.00. The molecule has 0 heterocycles. The van der Waals surface area contributed by atoms with E-state index in [-0.39, 0.29) is 17.7 Å². The third kappa shape index (κ3) is 16.9. The number of carbonyl (C=O) groups excluding carboxylic acids is 2. The summed E-state index contributed by atoms with van der Waals surface area (Å²) in [6, 6.07) is 4.94. The van der Waals surface area contributed by atoms with Gasteiger partial charge < -0.3 is 32.1 Å². The van der Waals surface area contributed by atoms with Gasteiger partial charge in [0.25, 0.3) is 0 Å². The molecule has 0 aliphatic heterocycles. The first-order valence-electron chi connectivity index (χ1n) is 10.9. The molecule has 34 heavy (non-hydrogen) atoms. The van der Waals surface area contributed by atoms with Crippen molar-refractivity contribution in [3.8, 4) is 12.8 Å². The van der Waals surface area contributed by atoms with E-state index in [2.05, 4.69) is 18.2 Å². The van der Waals surface area contributed by atoms with Crippen LogP contribution in [0.15, 0.2) is 42.1 Å². The quantitative estimate of drug-likeness (QED) is 0.0836. The van der Waals surface area contributed by atoms with Gasteiger partial charge >= 0.3 is 0 Å². The van der Waals surface area contributed by atoms with E-state index in [4.69, 9.17) is 27.4 Å². The van der Waals surface area contributed by atoms with Gasteiger partial charge in [-0.05, 0) is 31.2 Å². The molecule has 0 saturated carbocycles. The van der Waals surface area contributed by atoms with Crippen molar-refractivity contribution in [2.24, 2.45) is 11.7 Å². The number of hydrogen-bond acceptors (Lipinski definition) is 6. The second-order valence-electron chi connectivity index (χ2n) is 6.02. The Labute approximate surface area is 205 Å². The van der Waals surface area contributed by atoms with Crippen LogP contribution in [-0.2, 0) is 9.59 Å². The Bertz CT molecular complexity index is 812. The number of aliphatic hydroxyl groups excluding tert-OH is 1. The lowest BCUT2D eigenvalue weighted by atomic mass is 9.94. The largest absolute Gasteiger partial charge is 0.400 e. The third-order valence-electron chi connectivity index (χ3n) is 3.66. The van der Waals surface area contributed by atoms with Crippen molar-refractivity contribution < 1.29 is 14.7 Å². The molecule has 0 fully saturated rings. The Balaban J connectivity index is -0.000000389. The molecule has 8 N–H and O–H groups in total. The number of hydrogen-bond donors (Lipinski definition) is 6. The second-order valence-corrected chi connectivity index (χ2v) is 6.02. The molecule has 1 aromatic rings. The van der Waals surface area contributed by atoms with E-state index in [1.807, 2.05) is 40.7 Å². The Kier molecular flexibility index (Phi) is 28.3. The van der Waals surface area contributed by atoms with E-state index in [1.165, 1.54) is 0 Å². The number of anilines is 1. The number of carbonyl (C=O) groups is 2. The first-order valence-corrected chi connectivity index (χ1v) is 10.9. The maximum absolute atomic E-state index is 11.6. The highest BCUT2D eigenvalue weighted by Crippen LogP contribution is 2.19. The van der Waals surface area contributed by atoms with Crippen LogP contribution in [0.4, 0.5) is 5.69 Å². The molecule has 1 unspecified atom stereocenters. The SMILES string of the molecule is C#C.C/C=C\C(=C/C(C)C(=N)c1cc(C(=N)N)ccc1N)NC(=O)CC.CC.CCC=O.CO. The van der Waals surface area contributed by atoms with Gasteiger partial charge in [-0.3, -0.25) is 10.2 Å². The Morgan fingerprint density at radius 3 is 2.09 bits per heavy atom. The summed E-state index contributed by atoms with van der Waals surface area (Å²) in [4.78, 5) is 20.8. The second kappa shape index (κ2) is 25.6. The number of amidine groups is 1. The van der Waals surface area contributed by atoms with Gasteiger partial charge in [0, 0.05) is 54.1 Å². The fraction of sp³-hybridized carbons (Fsp3) is 0.385. The van der Waals surface area contributed by atoms with Crippen molar-refractivity contribution in [3.63, 3.8) is 0 Å². The first kappa shape index (κ1) is 37.6. The van der Waals surface area contributed by atoms with Crippen molar-refractivity contribution in [1.82, 2.24) is 5.32 Å². The highest BCUT2D eigenvalue weighted by atomic mass is 16.2. The average molecular weight is 474 g/mol. The third-order valence-corrected chi connectivity index (χ3v) is 3.66. The summed E-state index contributed by atoms with van der Waals surface area (Å²) in [6.45, 7) is 11.3. The summed E-state index contributed by atoms with van der Waals surface area (Å²) < 4.78 is 0. The summed E-state index contributed by atoms with van der Waals surface area (Å²) in [5, 5.41) is 25.7. The fourth-order valence-electron chi connectivity index (χ4n) is 2.12. The van der Waals surface area contributed by atoms with Gasteiger partial charge in [-0.15, -0.1) is 12.8 Å². The van der Waals surface area contributed by atoms with Gasteiger partial charge in [0.15, 0.2) is 0 Å². The zero-order chi connectivity index (χ0) is 27.7. The number of nitrogens with two attached hydrogens (primary N) is 2. The Morgan fingerprint density at radius 1 is 1.21 bits per heavy atom. The highest BCUT2D eigenvalue weighted by molar-refractivity contribution is 6.07. The summed E-state index contributed by atoms with van der Waals surface area (Å²) in [5.74, 6) is -0.439. The molecular formula is C26H43N5O3. The summed E-state index contributed by atoms with van der Waals surface area (Å²) in [5.41, 5.74) is 13.9. The van der Waals surface area contributed by atoms with E-state index >= 15 is 0 Å². The topological polar surface area (TPSA) is 166 Å². The summed E-state index contributed by atoms with van der Waals surface area (Å²) in [6.07, 6.45) is 15.3. The number of aldehydes is 1. The van der Waals surface area contributed by atoms with Crippen LogP contribution < -0.4 is 16.8 Å². The normalized spacial score (nSPS) is 10.2. The molecule has 0 spiro atoms. The van der Waals surface area contributed by atoms with Crippen LogP contribution >= 0.6 is 0 Å². The molecule has 1 amide bonds. The smallest absolute Gasteiger partial charge is 0.224 e. The maximum Gasteiger partial charge on any atom is 0.224 e. The molecule has 190 valence electrons. The monoisotopic (exact) mass is 473 g/mol. The van der Waals surface area contributed by atoms with Crippen molar-refractivity contribution in [1.29, 1.82) is 10.8 Å². The lowest BCUT2D eigenvalue weighted by Crippen LogP contribution is -2.22. The number of benzene rings is 1. The minimum atomic E-state index is -0.280. The highest BCUT2D eigenvalue weighted by Gasteiger charge is 2.14. The van der Waals surface area contributed by atoms with Crippen LogP contribution in [0.25, 0.3) is 0 Å². The molecule has 1 rings (SSSR count). The van der Waals surface area contributed by atoms with Crippen molar-refractivity contribution >= 4 is 29.4 Å². The molecule has 1 aromatic carbocycles. The molecule has 0 saturated heterocycles. The molecule has 0 aliphatic carbocycles.